The summed E-state index contributed by atoms with van der Waals surface area (Å²) in [5, 5.41) is 0. The maximum absolute atomic E-state index is 2.64. The van der Waals surface area contributed by atoms with Crippen molar-refractivity contribution in [3.63, 3.8) is 0 Å². The van der Waals surface area contributed by atoms with E-state index in [1.54, 1.807) is 0 Å². The molecule has 76 heavy (non-hydrogen) atoms. The molecule has 0 amide bonds. The fourth-order valence-corrected chi connectivity index (χ4v) is 13.6. The van der Waals surface area contributed by atoms with Gasteiger partial charge < -0.3 is 19.6 Å². The van der Waals surface area contributed by atoms with Crippen LogP contribution in [0.25, 0.3) is 44.5 Å². The minimum atomic E-state index is 0.193. The number of anilines is 10. The van der Waals surface area contributed by atoms with Gasteiger partial charge >= 0.3 is 0 Å². The van der Waals surface area contributed by atoms with Gasteiger partial charge in [0.2, 0.25) is 0 Å². The van der Waals surface area contributed by atoms with Gasteiger partial charge in [0.15, 0.2) is 0 Å². The molecule has 5 aliphatic rings. The van der Waals surface area contributed by atoms with Crippen molar-refractivity contribution in [1.29, 1.82) is 0 Å². The van der Waals surface area contributed by atoms with Gasteiger partial charge in [0.05, 0.1) is 17.4 Å². The maximum atomic E-state index is 2.64. The van der Waals surface area contributed by atoms with E-state index in [4.69, 9.17) is 0 Å². The lowest BCUT2D eigenvalue weighted by atomic mass is 9.81. The Hall–Kier alpha value is -9.12. The van der Waals surface area contributed by atoms with Crippen molar-refractivity contribution in [3.8, 4) is 44.5 Å². The Morgan fingerprint density at radius 2 is 0.711 bits per heavy atom. The van der Waals surface area contributed by atoms with E-state index >= 15 is 0 Å². The van der Waals surface area contributed by atoms with Crippen LogP contribution in [0.1, 0.15) is 48.6 Å². The first-order valence-electron chi connectivity index (χ1n) is 27.2. The van der Waals surface area contributed by atoms with Gasteiger partial charge in [0.1, 0.15) is 0 Å². The number of hydrogen-bond donors (Lipinski definition) is 0. The third kappa shape index (κ3) is 7.19. The number of nitrogens with zero attached hydrogens (tertiary/aromatic N) is 4. The average molecular weight is 977 g/mol. The van der Waals surface area contributed by atoms with Crippen LogP contribution in [0.2, 0.25) is 0 Å². The first-order valence-corrected chi connectivity index (χ1v) is 27.2. The van der Waals surface area contributed by atoms with Crippen LogP contribution in [0.4, 0.5) is 56.9 Å². The Morgan fingerprint density at radius 3 is 1.28 bits per heavy atom. The standard InChI is InChI=1S/C72H56N4/c1-2-20-56-55(19-1)61-25-7-13-31-67(61)74(68-32-14-8-26-62(56)68)52-43-37-49(38-44-52)73(50-39-45-53(46-40-50)75-69-33-15-9-27-63(69)57-21-3-4-22-58(57)64-28-10-16-34-70(64)75)51-41-47-54(48-42-51)76-71-35-17-11-29-65(71)59-23-5-6-24-60(59)66-30-12-18-36-72(66)76/h1-11,13-15,17-29,31-33,35-48,64,66,70,72H,12,16,30,34H2. The van der Waals surface area contributed by atoms with Gasteiger partial charge in [-0.1, -0.05) is 170 Å². The zero-order valence-corrected chi connectivity index (χ0v) is 42.3. The summed E-state index contributed by atoms with van der Waals surface area (Å²) in [6, 6.07) is 91.1. The highest BCUT2D eigenvalue weighted by atomic mass is 15.2. The van der Waals surface area contributed by atoms with Crippen molar-refractivity contribution in [3.05, 3.63) is 278 Å². The molecule has 0 bridgehead atoms. The van der Waals surface area contributed by atoms with Crippen molar-refractivity contribution >= 4 is 56.9 Å². The van der Waals surface area contributed by atoms with E-state index < -0.39 is 0 Å². The quantitative estimate of drug-likeness (QED) is 0.154. The molecular formula is C72H56N4. The number of benzene rings is 10. The molecule has 4 heteroatoms. The second-order valence-electron chi connectivity index (χ2n) is 20.9. The van der Waals surface area contributed by atoms with Gasteiger partial charge in [-0.3, -0.25) is 0 Å². The van der Waals surface area contributed by atoms with E-state index in [0.717, 1.165) is 59.8 Å². The summed E-state index contributed by atoms with van der Waals surface area (Å²) in [6.45, 7) is 0. The zero-order valence-electron chi connectivity index (χ0n) is 42.3. The molecule has 364 valence electrons. The Labute approximate surface area is 446 Å². The van der Waals surface area contributed by atoms with E-state index in [2.05, 4.69) is 287 Å². The lowest BCUT2D eigenvalue weighted by molar-refractivity contribution is 0.537. The van der Waals surface area contributed by atoms with Gasteiger partial charge in [0, 0.05) is 85.6 Å². The number of para-hydroxylation sites is 4. The molecule has 10 aromatic carbocycles. The first kappa shape index (κ1) is 44.4. The van der Waals surface area contributed by atoms with E-state index in [9.17, 15) is 0 Å². The maximum Gasteiger partial charge on any atom is 0.0591 e. The van der Waals surface area contributed by atoms with Crippen molar-refractivity contribution in [2.24, 2.45) is 0 Å². The third-order valence-corrected chi connectivity index (χ3v) is 16.9. The Kier molecular flexibility index (Phi) is 10.7. The Morgan fingerprint density at radius 1 is 0.316 bits per heavy atom. The minimum absolute atomic E-state index is 0.193. The second kappa shape index (κ2) is 18.4. The van der Waals surface area contributed by atoms with Crippen LogP contribution < -0.4 is 19.6 Å². The normalized spacial score (nSPS) is 18.4. The van der Waals surface area contributed by atoms with Crippen LogP contribution in [0.3, 0.4) is 0 Å². The number of fused-ring (bicyclic) bond motifs is 15. The van der Waals surface area contributed by atoms with Crippen molar-refractivity contribution < 1.29 is 0 Å². The molecule has 3 heterocycles. The predicted octanol–water partition coefficient (Wildman–Crippen LogP) is 19.5. The molecule has 4 atom stereocenters. The second-order valence-corrected chi connectivity index (χ2v) is 20.9. The summed E-state index contributed by atoms with van der Waals surface area (Å²) < 4.78 is 0. The Balaban J connectivity index is 0.855. The van der Waals surface area contributed by atoms with Crippen LogP contribution in [-0.2, 0) is 0 Å². The van der Waals surface area contributed by atoms with Gasteiger partial charge in [-0.05, 0) is 156 Å². The molecule has 0 N–H and O–H groups in total. The number of hydrogen-bond acceptors (Lipinski definition) is 4. The lowest BCUT2D eigenvalue weighted by Crippen LogP contribution is -2.36. The monoisotopic (exact) mass is 976 g/mol. The molecule has 0 saturated carbocycles. The van der Waals surface area contributed by atoms with Crippen LogP contribution >= 0.6 is 0 Å². The highest BCUT2D eigenvalue weighted by Crippen LogP contribution is 2.54. The summed E-state index contributed by atoms with van der Waals surface area (Å²) in [5.41, 5.74) is 24.7. The van der Waals surface area contributed by atoms with Gasteiger partial charge in [-0.15, -0.1) is 0 Å². The summed E-state index contributed by atoms with van der Waals surface area (Å²) in [5.74, 6) is 0.664. The molecule has 4 nitrogen and oxygen atoms in total. The molecule has 2 aliphatic carbocycles. The molecule has 3 aliphatic heterocycles. The van der Waals surface area contributed by atoms with E-state index in [1.165, 1.54) is 78.4 Å². The number of rotatable bonds is 6. The first-order chi connectivity index (χ1) is 37.7. The van der Waals surface area contributed by atoms with E-state index in [0.29, 0.717) is 5.92 Å². The Bertz CT molecular complexity index is 3820. The van der Waals surface area contributed by atoms with Crippen LogP contribution in [-0.4, -0.2) is 12.1 Å². The SMILES string of the molecule is C1=CC2C(CC1)c1ccccc1-c1ccccc1N2c1ccc(N(c2ccc(N3c4ccccc4-c4ccccc4-c4ccccc43)cc2)c2ccc(N3c4ccccc4-c4ccccc4C4C=CCCC43)cc2)cc1. The molecule has 4 unspecified atom stereocenters. The van der Waals surface area contributed by atoms with Gasteiger partial charge in [-0.2, -0.15) is 0 Å². The van der Waals surface area contributed by atoms with Crippen molar-refractivity contribution in [2.75, 3.05) is 19.6 Å². The number of allylic oxidation sites excluding steroid dienone is 2. The minimum Gasteiger partial charge on any atom is -0.337 e. The summed E-state index contributed by atoms with van der Waals surface area (Å²) in [4.78, 5) is 10.1. The molecule has 10 aromatic rings. The highest BCUT2D eigenvalue weighted by Gasteiger charge is 2.38. The fourth-order valence-electron chi connectivity index (χ4n) is 13.6. The third-order valence-electron chi connectivity index (χ3n) is 16.9. The smallest absolute Gasteiger partial charge is 0.0591 e. The van der Waals surface area contributed by atoms with E-state index in [-0.39, 0.29) is 18.0 Å². The molecule has 0 saturated heterocycles. The molecule has 0 radical (unpaired) electrons. The van der Waals surface area contributed by atoms with Crippen molar-refractivity contribution in [2.45, 2.75) is 49.6 Å². The zero-order chi connectivity index (χ0) is 50.1. The van der Waals surface area contributed by atoms with Gasteiger partial charge in [-0.25, -0.2) is 0 Å². The summed E-state index contributed by atoms with van der Waals surface area (Å²) in [7, 11) is 0. The van der Waals surface area contributed by atoms with Gasteiger partial charge in [0.25, 0.3) is 0 Å². The van der Waals surface area contributed by atoms with Crippen molar-refractivity contribution in [1.82, 2.24) is 0 Å². The molecule has 0 spiro atoms. The molecule has 15 rings (SSSR count). The van der Waals surface area contributed by atoms with E-state index in [1.807, 2.05) is 0 Å². The topological polar surface area (TPSA) is 13.0 Å². The molecule has 0 aromatic heterocycles. The van der Waals surface area contributed by atoms with Crippen LogP contribution in [0.15, 0.2) is 267 Å². The fraction of sp³-hybridized carbons (Fsp3) is 0.111. The lowest BCUT2D eigenvalue weighted by Gasteiger charge is -2.39. The highest BCUT2D eigenvalue weighted by molar-refractivity contribution is 6.02. The molecule has 0 fully saturated rings. The molecular weight excluding hydrogens is 921 g/mol. The van der Waals surface area contributed by atoms with Crippen LogP contribution in [0, 0.1) is 0 Å². The largest absolute Gasteiger partial charge is 0.337 e. The predicted molar refractivity (Wildman–Crippen MR) is 318 cm³/mol. The average Bonchev–Trinajstić information content (AvgIpc) is 3.82. The summed E-state index contributed by atoms with van der Waals surface area (Å²) in [6.07, 6.45) is 14.1. The summed E-state index contributed by atoms with van der Waals surface area (Å²) >= 11 is 0. The van der Waals surface area contributed by atoms with Crippen LogP contribution in [0.5, 0.6) is 0 Å².